The fraction of sp³-hybridized carbons (Fsp3) is 0.133. The summed E-state index contributed by atoms with van der Waals surface area (Å²) in [5, 5.41) is 8.75. The Balaban J connectivity index is 2.13. The molecule has 2 aromatic rings. The standard InChI is InChI=1S/C15H14FN3O2S/c16-14-7-6-13(8-12(14)9-17)22(20,21)19-10-15(18)11-4-2-1-3-5-11/h1-8,15,19H,10,18H2/t15-/m1/s1. The van der Waals surface area contributed by atoms with Gasteiger partial charge in [0.2, 0.25) is 10.0 Å². The van der Waals surface area contributed by atoms with Gasteiger partial charge >= 0.3 is 0 Å². The van der Waals surface area contributed by atoms with Crippen molar-refractivity contribution in [3.63, 3.8) is 0 Å². The van der Waals surface area contributed by atoms with E-state index in [-0.39, 0.29) is 17.0 Å². The van der Waals surface area contributed by atoms with Crippen molar-refractivity contribution < 1.29 is 12.8 Å². The first-order valence-corrected chi connectivity index (χ1v) is 7.92. The van der Waals surface area contributed by atoms with Crippen LogP contribution in [0.15, 0.2) is 53.4 Å². The van der Waals surface area contributed by atoms with Crippen LogP contribution in [-0.2, 0) is 10.0 Å². The van der Waals surface area contributed by atoms with Crippen LogP contribution in [0.1, 0.15) is 17.2 Å². The van der Waals surface area contributed by atoms with Gasteiger partial charge in [-0.2, -0.15) is 5.26 Å². The maximum Gasteiger partial charge on any atom is 0.240 e. The number of halogens is 1. The third kappa shape index (κ3) is 3.68. The topological polar surface area (TPSA) is 96.0 Å². The van der Waals surface area contributed by atoms with Crippen LogP contribution in [0.3, 0.4) is 0 Å². The second-order valence-electron chi connectivity index (χ2n) is 4.62. The molecule has 0 bridgehead atoms. The van der Waals surface area contributed by atoms with Crippen molar-refractivity contribution in [2.24, 2.45) is 5.73 Å². The zero-order valence-corrected chi connectivity index (χ0v) is 12.3. The minimum atomic E-state index is -3.86. The summed E-state index contributed by atoms with van der Waals surface area (Å²) in [6.45, 7) is -0.00832. The van der Waals surface area contributed by atoms with Crippen LogP contribution in [0.25, 0.3) is 0 Å². The van der Waals surface area contributed by atoms with Crippen LogP contribution in [0.4, 0.5) is 4.39 Å². The molecule has 5 nitrogen and oxygen atoms in total. The van der Waals surface area contributed by atoms with Crippen molar-refractivity contribution in [2.45, 2.75) is 10.9 Å². The van der Waals surface area contributed by atoms with Crippen LogP contribution in [0.2, 0.25) is 0 Å². The summed E-state index contributed by atoms with van der Waals surface area (Å²) in [5.41, 5.74) is 6.39. The zero-order chi connectivity index (χ0) is 16.2. The normalized spacial score (nSPS) is 12.6. The molecule has 0 aliphatic carbocycles. The highest BCUT2D eigenvalue weighted by atomic mass is 32.2. The Morgan fingerprint density at radius 3 is 2.55 bits per heavy atom. The first-order valence-electron chi connectivity index (χ1n) is 6.44. The van der Waals surface area contributed by atoms with E-state index in [1.807, 2.05) is 18.2 Å². The highest BCUT2D eigenvalue weighted by Crippen LogP contribution is 2.15. The second kappa shape index (κ2) is 6.66. The van der Waals surface area contributed by atoms with Crippen molar-refractivity contribution in [1.29, 1.82) is 5.26 Å². The number of nitriles is 1. The molecule has 0 unspecified atom stereocenters. The predicted octanol–water partition coefficient (Wildman–Crippen LogP) is 1.68. The lowest BCUT2D eigenvalue weighted by molar-refractivity contribution is 0.571. The van der Waals surface area contributed by atoms with Gasteiger partial charge < -0.3 is 5.73 Å². The van der Waals surface area contributed by atoms with E-state index >= 15 is 0 Å². The third-order valence-corrected chi connectivity index (χ3v) is 4.51. The van der Waals surface area contributed by atoms with Gasteiger partial charge in [0.25, 0.3) is 0 Å². The van der Waals surface area contributed by atoms with Crippen molar-refractivity contribution in [2.75, 3.05) is 6.54 Å². The molecule has 0 aliphatic rings. The van der Waals surface area contributed by atoms with Crippen molar-refractivity contribution in [3.05, 3.63) is 65.5 Å². The molecule has 3 N–H and O–H groups in total. The summed E-state index contributed by atoms with van der Waals surface area (Å²) in [7, 11) is -3.86. The summed E-state index contributed by atoms with van der Waals surface area (Å²) < 4.78 is 39.9. The van der Waals surface area contributed by atoms with Crippen LogP contribution in [0.5, 0.6) is 0 Å². The zero-order valence-electron chi connectivity index (χ0n) is 11.5. The van der Waals surface area contributed by atoms with Gasteiger partial charge in [0.05, 0.1) is 10.5 Å². The fourth-order valence-electron chi connectivity index (χ4n) is 1.86. The Labute approximate surface area is 128 Å². The second-order valence-corrected chi connectivity index (χ2v) is 6.39. The minimum Gasteiger partial charge on any atom is -0.323 e. The Bertz CT molecular complexity index is 801. The van der Waals surface area contributed by atoms with Crippen LogP contribution >= 0.6 is 0 Å². The lowest BCUT2D eigenvalue weighted by atomic mass is 10.1. The van der Waals surface area contributed by atoms with Gasteiger partial charge in [-0.15, -0.1) is 0 Å². The molecule has 1 atom stereocenters. The van der Waals surface area contributed by atoms with Gasteiger partial charge in [0.1, 0.15) is 11.9 Å². The van der Waals surface area contributed by atoms with Gasteiger partial charge in [-0.1, -0.05) is 30.3 Å². The molecule has 2 aromatic carbocycles. The molecule has 0 aromatic heterocycles. The predicted molar refractivity (Wildman–Crippen MR) is 79.7 cm³/mol. The third-order valence-electron chi connectivity index (χ3n) is 3.09. The van der Waals surface area contributed by atoms with Crippen LogP contribution in [0, 0.1) is 17.1 Å². The molecule has 114 valence electrons. The molecule has 0 fully saturated rings. The van der Waals surface area contributed by atoms with Gasteiger partial charge in [-0.25, -0.2) is 17.5 Å². The van der Waals surface area contributed by atoms with E-state index in [2.05, 4.69) is 4.72 Å². The van der Waals surface area contributed by atoms with Crippen LogP contribution in [-0.4, -0.2) is 15.0 Å². The number of nitrogens with zero attached hydrogens (tertiary/aromatic N) is 1. The number of sulfonamides is 1. The smallest absolute Gasteiger partial charge is 0.240 e. The molecule has 7 heteroatoms. The number of benzene rings is 2. The number of hydrogen-bond donors (Lipinski definition) is 2. The molecule has 0 saturated carbocycles. The van der Waals surface area contributed by atoms with Gasteiger partial charge in [-0.05, 0) is 23.8 Å². The summed E-state index contributed by atoms with van der Waals surface area (Å²) >= 11 is 0. The van der Waals surface area contributed by atoms with E-state index in [0.717, 1.165) is 23.8 Å². The highest BCUT2D eigenvalue weighted by molar-refractivity contribution is 7.89. The van der Waals surface area contributed by atoms with Gasteiger partial charge in [-0.3, -0.25) is 0 Å². The Hall–Kier alpha value is -2.27. The monoisotopic (exact) mass is 319 g/mol. The average molecular weight is 319 g/mol. The van der Waals surface area contributed by atoms with E-state index in [0.29, 0.717) is 0 Å². The number of nitrogens with two attached hydrogens (primary N) is 1. The quantitative estimate of drug-likeness (QED) is 0.876. The lowest BCUT2D eigenvalue weighted by Gasteiger charge is -2.13. The average Bonchev–Trinajstić information content (AvgIpc) is 2.53. The van der Waals surface area contributed by atoms with E-state index < -0.39 is 21.9 Å². The maximum absolute atomic E-state index is 13.2. The van der Waals surface area contributed by atoms with Crippen molar-refractivity contribution in [1.82, 2.24) is 4.72 Å². The summed E-state index contributed by atoms with van der Waals surface area (Å²) in [6, 6.07) is 13.2. The van der Waals surface area contributed by atoms with E-state index in [1.54, 1.807) is 18.2 Å². The Morgan fingerprint density at radius 2 is 1.91 bits per heavy atom. The molecular formula is C15H14FN3O2S. The molecule has 0 amide bonds. The lowest BCUT2D eigenvalue weighted by Crippen LogP contribution is -2.32. The molecular weight excluding hydrogens is 305 g/mol. The molecule has 22 heavy (non-hydrogen) atoms. The maximum atomic E-state index is 13.2. The number of rotatable bonds is 5. The van der Waals surface area contributed by atoms with Crippen LogP contribution < -0.4 is 10.5 Å². The summed E-state index contributed by atoms with van der Waals surface area (Å²) in [4.78, 5) is -0.175. The number of hydrogen-bond acceptors (Lipinski definition) is 4. The Kier molecular flexibility index (Phi) is 4.88. The summed E-state index contributed by atoms with van der Waals surface area (Å²) in [5.74, 6) is -0.762. The van der Waals surface area contributed by atoms with Gasteiger partial charge in [0.15, 0.2) is 0 Å². The van der Waals surface area contributed by atoms with Crippen molar-refractivity contribution >= 4 is 10.0 Å². The highest BCUT2D eigenvalue weighted by Gasteiger charge is 2.17. The molecule has 0 aliphatic heterocycles. The van der Waals surface area contributed by atoms with E-state index in [1.165, 1.54) is 0 Å². The molecule has 0 spiro atoms. The molecule has 2 rings (SSSR count). The molecule has 0 heterocycles. The van der Waals surface area contributed by atoms with E-state index in [4.69, 9.17) is 11.0 Å². The first kappa shape index (κ1) is 16.1. The van der Waals surface area contributed by atoms with Gasteiger partial charge in [0, 0.05) is 12.6 Å². The number of nitrogens with one attached hydrogen (secondary N) is 1. The van der Waals surface area contributed by atoms with E-state index in [9.17, 15) is 12.8 Å². The fourth-order valence-corrected chi connectivity index (χ4v) is 2.94. The SMILES string of the molecule is N#Cc1cc(S(=O)(=O)NC[C@@H](N)c2ccccc2)ccc1F. The minimum absolute atomic E-state index is 0.00832. The molecule has 0 radical (unpaired) electrons. The largest absolute Gasteiger partial charge is 0.323 e. The summed E-state index contributed by atoms with van der Waals surface area (Å²) in [6.07, 6.45) is 0. The molecule has 0 saturated heterocycles. The van der Waals surface area contributed by atoms with Crippen molar-refractivity contribution in [3.8, 4) is 6.07 Å². The first-order chi connectivity index (χ1) is 10.4. The Morgan fingerprint density at radius 1 is 1.23 bits per heavy atom.